The summed E-state index contributed by atoms with van der Waals surface area (Å²) in [6.45, 7) is 1.18. The predicted molar refractivity (Wildman–Crippen MR) is 132 cm³/mol. The second kappa shape index (κ2) is 11.0. The number of hydrogen-bond acceptors (Lipinski definition) is 5. The molecule has 1 saturated heterocycles. The van der Waals surface area contributed by atoms with Crippen LogP contribution in [0.3, 0.4) is 0 Å². The molecule has 4 rings (SSSR count). The van der Waals surface area contributed by atoms with Crippen LogP contribution in [0.4, 0.5) is 0 Å². The highest BCUT2D eigenvalue weighted by atomic mass is 32.2. The molecule has 3 N–H and O–H groups in total. The van der Waals surface area contributed by atoms with Crippen molar-refractivity contribution in [3.05, 3.63) is 54.5 Å². The van der Waals surface area contributed by atoms with Gasteiger partial charge in [0.15, 0.2) is 0 Å². The number of carboxylic acid groups (broad SMARTS) is 1. The lowest BCUT2D eigenvalue weighted by Crippen LogP contribution is -2.51. The van der Waals surface area contributed by atoms with Gasteiger partial charge in [0.1, 0.15) is 17.8 Å². The number of aromatic nitrogens is 2. The summed E-state index contributed by atoms with van der Waals surface area (Å²) in [7, 11) is -4.03. The number of piperidine rings is 1. The van der Waals surface area contributed by atoms with Crippen molar-refractivity contribution >= 4 is 32.8 Å². The first-order valence-corrected chi connectivity index (χ1v) is 13.4. The number of carbonyl (C=O) groups excluding carboxylic acids is 1. The summed E-state index contributed by atoms with van der Waals surface area (Å²) >= 11 is 0. The number of amides is 1. The van der Waals surface area contributed by atoms with Gasteiger partial charge in [0, 0.05) is 49.4 Å². The van der Waals surface area contributed by atoms with E-state index >= 15 is 0 Å². The first-order valence-electron chi connectivity index (χ1n) is 11.9. The van der Waals surface area contributed by atoms with Gasteiger partial charge in [-0.3, -0.25) is 9.59 Å². The Labute approximate surface area is 209 Å². The lowest BCUT2D eigenvalue weighted by atomic mass is 9.92. The Kier molecular flexibility index (Phi) is 7.76. The van der Waals surface area contributed by atoms with Gasteiger partial charge in [0.05, 0.1) is 4.90 Å². The molecule has 1 atom stereocenters. The predicted octanol–water partition coefficient (Wildman–Crippen LogP) is 2.68. The molecule has 0 saturated carbocycles. The zero-order valence-electron chi connectivity index (χ0n) is 19.8. The number of aliphatic carboxylic acids is 1. The van der Waals surface area contributed by atoms with Gasteiger partial charge in [-0.05, 0) is 61.9 Å². The van der Waals surface area contributed by atoms with Crippen molar-refractivity contribution < 1.29 is 23.1 Å². The summed E-state index contributed by atoms with van der Waals surface area (Å²) in [5, 5.41) is 18.8. The van der Waals surface area contributed by atoms with Crippen molar-refractivity contribution in [2.24, 2.45) is 5.92 Å². The molecule has 10 nitrogen and oxygen atoms in total. The van der Waals surface area contributed by atoms with Crippen LogP contribution in [-0.4, -0.2) is 59.0 Å². The van der Waals surface area contributed by atoms with E-state index in [1.54, 1.807) is 52.2 Å². The highest BCUT2D eigenvalue weighted by Crippen LogP contribution is 2.25. The third-order valence-corrected chi connectivity index (χ3v) is 8.27. The molecule has 1 aliphatic rings. The van der Waals surface area contributed by atoms with Gasteiger partial charge >= 0.3 is 5.97 Å². The second-order valence-corrected chi connectivity index (χ2v) is 10.7. The molecule has 1 amide bonds. The van der Waals surface area contributed by atoms with Crippen molar-refractivity contribution in [1.29, 1.82) is 5.26 Å². The van der Waals surface area contributed by atoms with E-state index in [0.29, 0.717) is 48.9 Å². The Morgan fingerprint density at radius 2 is 1.97 bits per heavy atom. The Morgan fingerprint density at radius 3 is 2.69 bits per heavy atom. The number of hydrogen-bond donors (Lipinski definition) is 3. The van der Waals surface area contributed by atoms with Crippen LogP contribution in [0.25, 0.3) is 10.9 Å². The number of nitrogens with one attached hydrogen (secondary N) is 2. The standard InChI is InChI=1S/C25H29N5O5S/c26-17-19-3-2-13-29(19)16-11-22(25(33)30-14-9-18(10-15-30)6-7-24(31)32)28-36(34,35)23-5-1-4-21-20(23)8-12-27-21/h1-5,8,12-13,18,22,27-28H,6-7,9-11,14-16H2,(H,31,32). The van der Waals surface area contributed by atoms with Gasteiger partial charge in [0.25, 0.3) is 0 Å². The number of aryl methyl sites for hydroxylation is 1. The summed E-state index contributed by atoms with van der Waals surface area (Å²) in [4.78, 5) is 29.2. The maximum absolute atomic E-state index is 13.5. The third kappa shape index (κ3) is 5.78. The maximum atomic E-state index is 13.5. The number of fused-ring (bicyclic) bond motifs is 1. The van der Waals surface area contributed by atoms with E-state index in [0.717, 1.165) is 0 Å². The SMILES string of the molecule is N#Cc1cccn1CCC(NS(=O)(=O)c1cccc2[nH]ccc12)C(=O)N1CCC(CCC(=O)O)CC1. The average Bonchev–Trinajstić information content (AvgIpc) is 3.54. The fourth-order valence-corrected chi connectivity index (χ4v) is 6.19. The Morgan fingerprint density at radius 1 is 1.19 bits per heavy atom. The van der Waals surface area contributed by atoms with E-state index in [-0.39, 0.29) is 36.1 Å². The molecule has 11 heteroatoms. The molecule has 1 aliphatic heterocycles. The molecular formula is C25H29N5O5S. The van der Waals surface area contributed by atoms with Crippen LogP contribution in [0.5, 0.6) is 0 Å². The molecule has 1 aromatic carbocycles. The largest absolute Gasteiger partial charge is 0.481 e. The topological polar surface area (TPSA) is 148 Å². The number of carboxylic acids is 1. The van der Waals surface area contributed by atoms with E-state index in [4.69, 9.17) is 5.11 Å². The number of nitrogens with zero attached hydrogens (tertiary/aromatic N) is 3. The maximum Gasteiger partial charge on any atom is 0.303 e. The molecule has 2 aromatic heterocycles. The van der Waals surface area contributed by atoms with Gasteiger partial charge < -0.3 is 19.6 Å². The number of rotatable bonds is 10. The van der Waals surface area contributed by atoms with E-state index in [9.17, 15) is 23.3 Å². The van der Waals surface area contributed by atoms with Crippen molar-refractivity contribution in [3.8, 4) is 6.07 Å². The van der Waals surface area contributed by atoms with Crippen LogP contribution in [-0.2, 0) is 26.2 Å². The zero-order chi connectivity index (χ0) is 25.7. The number of nitriles is 1. The molecule has 0 spiro atoms. The monoisotopic (exact) mass is 511 g/mol. The molecule has 0 aliphatic carbocycles. The fourth-order valence-electron chi connectivity index (χ4n) is 4.74. The van der Waals surface area contributed by atoms with Crippen LogP contribution in [0.2, 0.25) is 0 Å². The summed E-state index contributed by atoms with van der Waals surface area (Å²) in [5.41, 5.74) is 1.11. The first kappa shape index (κ1) is 25.5. The molecule has 190 valence electrons. The van der Waals surface area contributed by atoms with Crippen LogP contribution in [0, 0.1) is 17.2 Å². The van der Waals surface area contributed by atoms with E-state index in [1.807, 2.05) is 0 Å². The Bertz CT molecular complexity index is 1380. The Balaban J connectivity index is 1.52. The molecule has 1 unspecified atom stereocenters. The normalized spacial score (nSPS) is 15.6. The number of carbonyl (C=O) groups is 2. The van der Waals surface area contributed by atoms with Gasteiger partial charge in [-0.25, -0.2) is 8.42 Å². The van der Waals surface area contributed by atoms with E-state index in [1.165, 1.54) is 6.07 Å². The third-order valence-electron chi connectivity index (χ3n) is 6.74. The van der Waals surface area contributed by atoms with Gasteiger partial charge in [0.2, 0.25) is 15.9 Å². The van der Waals surface area contributed by atoms with E-state index < -0.39 is 22.0 Å². The van der Waals surface area contributed by atoms with Crippen LogP contribution >= 0.6 is 0 Å². The highest BCUT2D eigenvalue weighted by Gasteiger charge is 2.32. The van der Waals surface area contributed by atoms with Crippen molar-refractivity contribution in [3.63, 3.8) is 0 Å². The molecule has 0 radical (unpaired) electrons. The van der Waals surface area contributed by atoms with Crippen LogP contribution in [0.1, 0.15) is 37.8 Å². The van der Waals surface area contributed by atoms with Crippen LogP contribution < -0.4 is 4.72 Å². The molecular weight excluding hydrogens is 482 g/mol. The first-order chi connectivity index (χ1) is 17.3. The minimum absolute atomic E-state index is 0.0881. The Hall–Kier alpha value is -3.62. The van der Waals surface area contributed by atoms with Crippen molar-refractivity contribution in [2.75, 3.05) is 13.1 Å². The fraction of sp³-hybridized carbons (Fsp3) is 0.400. The van der Waals surface area contributed by atoms with Crippen molar-refractivity contribution in [1.82, 2.24) is 19.2 Å². The lowest BCUT2D eigenvalue weighted by molar-refractivity contribution is -0.138. The minimum atomic E-state index is -4.03. The number of benzene rings is 1. The number of H-pyrrole nitrogens is 1. The molecule has 36 heavy (non-hydrogen) atoms. The van der Waals surface area contributed by atoms with Crippen LogP contribution in [0.15, 0.2) is 53.7 Å². The summed E-state index contributed by atoms with van der Waals surface area (Å²) in [6, 6.07) is 11.1. The van der Waals surface area contributed by atoms with Gasteiger partial charge in [-0.15, -0.1) is 0 Å². The quantitative estimate of drug-likeness (QED) is 0.381. The minimum Gasteiger partial charge on any atom is -0.481 e. The van der Waals surface area contributed by atoms with Crippen molar-refractivity contribution in [2.45, 2.75) is 49.6 Å². The van der Waals surface area contributed by atoms with E-state index in [2.05, 4.69) is 15.8 Å². The smallest absolute Gasteiger partial charge is 0.303 e. The summed E-state index contributed by atoms with van der Waals surface area (Å²) < 4.78 is 31.2. The molecule has 3 aromatic rings. The number of aromatic amines is 1. The summed E-state index contributed by atoms with van der Waals surface area (Å²) in [5.74, 6) is -0.922. The number of likely N-dealkylation sites (tertiary alicyclic amines) is 1. The zero-order valence-corrected chi connectivity index (χ0v) is 20.6. The molecule has 0 bridgehead atoms. The lowest BCUT2D eigenvalue weighted by Gasteiger charge is -2.34. The van der Waals surface area contributed by atoms with Gasteiger partial charge in [-0.2, -0.15) is 9.98 Å². The number of sulfonamides is 1. The molecule has 1 fully saturated rings. The second-order valence-electron chi connectivity index (χ2n) is 9.06. The van der Waals surface area contributed by atoms with Gasteiger partial charge in [-0.1, -0.05) is 6.07 Å². The molecule has 3 heterocycles. The average molecular weight is 512 g/mol. The summed E-state index contributed by atoms with van der Waals surface area (Å²) in [6.07, 6.45) is 5.58. The highest BCUT2D eigenvalue weighted by molar-refractivity contribution is 7.89.